The van der Waals surface area contributed by atoms with Crippen LogP contribution in [-0.4, -0.2) is 24.5 Å². The van der Waals surface area contributed by atoms with Crippen LogP contribution >= 0.6 is 0 Å². The van der Waals surface area contributed by atoms with E-state index in [9.17, 15) is 14.9 Å². The summed E-state index contributed by atoms with van der Waals surface area (Å²) in [5, 5.41) is 11.2. The van der Waals surface area contributed by atoms with Gasteiger partial charge in [0.25, 0.3) is 0 Å². The van der Waals surface area contributed by atoms with Crippen molar-refractivity contribution in [3.63, 3.8) is 0 Å². The Morgan fingerprint density at radius 2 is 1.48 bits per heavy atom. The molecule has 0 aliphatic carbocycles. The van der Waals surface area contributed by atoms with Gasteiger partial charge in [-0.05, 0) is 11.1 Å². The Kier molecular flexibility index (Phi) is 5.86. The Balaban J connectivity index is 2.42. The van der Waals surface area contributed by atoms with Gasteiger partial charge >= 0.3 is 5.97 Å². The van der Waals surface area contributed by atoms with Crippen LogP contribution in [0.25, 0.3) is 0 Å². The molecule has 0 heterocycles. The number of esters is 1. The molecule has 23 heavy (non-hydrogen) atoms. The van der Waals surface area contributed by atoms with Crippen molar-refractivity contribution in [1.82, 2.24) is 0 Å². The molecule has 2 rings (SSSR count). The van der Waals surface area contributed by atoms with Gasteiger partial charge in [-0.25, -0.2) is 0 Å². The first-order valence-corrected chi connectivity index (χ1v) is 7.40. The second-order valence-electron chi connectivity index (χ2n) is 5.33. The van der Waals surface area contributed by atoms with Gasteiger partial charge in [-0.1, -0.05) is 60.7 Å². The standard InChI is InChI=1S/C18H19NO4/c1-23-18(20)12-16(14-8-4-2-5-9-14)17(13-19(21)22)15-10-6-3-7-11-15/h2-11,16-17H,12-13H2,1H3/t16-,17+/m0/s1. The van der Waals surface area contributed by atoms with Crippen LogP contribution in [-0.2, 0) is 9.53 Å². The fraction of sp³-hybridized carbons (Fsp3) is 0.278. The molecule has 0 unspecified atom stereocenters. The largest absolute Gasteiger partial charge is 0.469 e. The van der Waals surface area contributed by atoms with Crippen LogP contribution < -0.4 is 0 Å². The molecule has 0 bridgehead atoms. The van der Waals surface area contributed by atoms with Gasteiger partial charge in [0.2, 0.25) is 6.54 Å². The minimum Gasteiger partial charge on any atom is -0.469 e. The zero-order valence-electron chi connectivity index (χ0n) is 12.9. The number of rotatable bonds is 7. The number of hydrogen-bond acceptors (Lipinski definition) is 4. The van der Waals surface area contributed by atoms with Gasteiger partial charge in [0.05, 0.1) is 19.4 Å². The van der Waals surface area contributed by atoms with Crippen LogP contribution in [0.1, 0.15) is 29.4 Å². The zero-order valence-corrected chi connectivity index (χ0v) is 12.9. The van der Waals surface area contributed by atoms with E-state index in [4.69, 9.17) is 4.74 Å². The molecule has 0 radical (unpaired) electrons. The summed E-state index contributed by atoms with van der Waals surface area (Å²) >= 11 is 0. The number of hydrogen-bond donors (Lipinski definition) is 0. The molecule has 0 aromatic heterocycles. The number of carbonyl (C=O) groups excluding carboxylic acids is 1. The number of ether oxygens (including phenoxy) is 1. The highest BCUT2D eigenvalue weighted by molar-refractivity contribution is 5.70. The lowest BCUT2D eigenvalue weighted by atomic mass is 9.79. The minimum absolute atomic E-state index is 0.105. The van der Waals surface area contributed by atoms with Crippen molar-refractivity contribution < 1.29 is 14.5 Å². The number of benzene rings is 2. The van der Waals surface area contributed by atoms with Crippen molar-refractivity contribution in [2.75, 3.05) is 13.7 Å². The van der Waals surface area contributed by atoms with Crippen LogP contribution in [0.2, 0.25) is 0 Å². The van der Waals surface area contributed by atoms with E-state index in [1.54, 1.807) is 0 Å². The molecule has 0 amide bonds. The third-order valence-electron chi connectivity index (χ3n) is 3.90. The van der Waals surface area contributed by atoms with Crippen molar-refractivity contribution in [1.29, 1.82) is 0 Å². The van der Waals surface area contributed by atoms with Crippen molar-refractivity contribution in [3.8, 4) is 0 Å². The van der Waals surface area contributed by atoms with E-state index in [0.717, 1.165) is 11.1 Å². The van der Waals surface area contributed by atoms with E-state index in [0.29, 0.717) is 0 Å². The minimum atomic E-state index is -0.396. The van der Waals surface area contributed by atoms with E-state index in [1.165, 1.54) is 7.11 Å². The molecule has 2 aromatic rings. The molecule has 5 heteroatoms. The highest BCUT2D eigenvalue weighted by Gasteiger charge is 2.31. The number of nitrogens with zero attached hydrogens (tertiary/aromatic N) is 1. The molecular weight excluding hydrogens is 294 g/mol. The van der Waals surface area contributed by atoms with Crippen LogP contribution in [0.4, 0.5) is 0 Å². The predicted octanol–water partition coefficient (Wildman–Crippen LogP) is 3.39. The fourth-order valence-electron chi connectivity index (χ4n) is 2.78. The molecule has 2 aromatic carbocycles. The smallest absolute Gasteiger partial charge is 0.306 e. The SMILES string of the molecule is COC(=O)C[C@@H](c1ccccc1)[C@H](C[N+](=O)[O-])c1ccccc1. The quantitative estimate of drug-likeness (QED) is 0.446. The third-order valence-corrected chi connectivity index (χ3v) is 3.90. The summed E-state index contributed by atoms with van der Waals surface area (Å²) in [5.41, 5.74) is 1.75. The first-order valence-electron chi connectivity index (χ1n) is 7.40. The Bertz CT molecular complexity index is 643. The third kappa shape index (κ3) is 4.64. The van der Waals surface area contributed by atoms with Crippen LogP contribution in [0.15, 0.2) is 60.7 Å². The topological polar surface area (TPSA) is 69.4 Å². The summed E-state index contributed by atoms with van der Waals surface area (Å²) in [7, 11) is 1.33. The highest BCUT2D eigenvalue weighted by atomic mass is 16.6. The monoisotopic (exact) mass is 313 g/mol. The molecule has 0 aliphatic rings. The van der Waals surface area contributed by atoms with E-state index in [2.05, 4.69) is 0 Å². The summed E-state index contributed by atoms with van der Waals surface area (Å²) in [5.74, 6) is -1.08. The van der Waals surface area contributed by atoms with Gasteiger partial charge in [-0.15, -0.1) is 0 Å². The van der Waals surface area contributed by atoms with Crippen LogP contribution in [0.3, 0.4) is 0 Å². The average Bonchev–Trinajstić information content (AvgIpc) is 2.59. The average molecular weight is 313 g/mol. The summed E-state index contributed by atoms with van der Waals surface area (Å²) in [6, 6.07) is 18.7. The van der Waals surface area contributed by atoms with Gasteiger partial charge in [0.15, 0.2) is 0 Å². The van der Waals surface area contributed by atoms with Crippen LogP contribution in [0, 0.1) is 10.1 Å². The maximum atomic E-state index is 11.8. The van der Waals surface area contributed by atoms with Crippen molar-refractivity contribution in [3.05, 3.63) is 81.9 Å². The number of carbonyl (C=O) groups is 1. The first-order chi connectivity index (χ1) is 11.1. The first kappa shape index (κ1) is 16.7. The van der Waals surface area contributed by atoms with E-state index in [-0.39, 0.29) is 29.8 Å². The number of methoxy groups -OCH3 is 1. The maximum absolute atomic E-state index is 11.8. The molecule has 0 fully saturated rings. The fourth-order valence-corrected chi connectivity index (χ4v) is 2.78. The molecule has 0 spiro atoms. The Labute approximate surface area is 135 Å². The molecular formula is C18H19NO4. The summed E-state index contributed by atoms with van der Waals surface area (Å²) in [4.78, 5) is 22.7. The van der Waals surface area contributed by atoms with Crippen molar-refractivity contribution in [2.24, 2.45) is 0 Å². The predicted molar refractivity (Wildman–Crippen MR) is 86.9 cm³/mol. The van der Waals surface area contributed by atoms with Gasteiger partial charge < -0.3 is 4.74 Å². The zero-order chi connectivity index (χ0) is 16.7. The molecule has 120 valence electrons. The van der Waals surface area contributed by atoms with Gasteiger partial charge in [-0.2, -0.15) is 0 Å². The highest BCUT2D eigenvalue weighted by Crippen LogP contribution is 2.36. The lowest BCUT2D eigenvalue weighted by molar-refractivity contribution is -0.484. The lowest BCUT2D eigenvalue weighted by Crippen LogP contribution is -2.23. The molecule has 0 saturated heterocycles. The van der Waals surface area contributed by atoms with Crippen molar-refractivity contribution >= 4 is 5.97 Å². The van der Waals surface area contributed by atoms with Gasteiger partial charge in [-0.3, -0.25) is 14.9 Å². The normalized spacial score (nSPS) is 13.1. The van der Waals surface area contributed by atoms with Crippen LogP contribution in [0.5, 0.6) is 0 Å². The molecule has 0 N–H and O–H groups in total. The summed E-state index contributed by atoms with van der Waals surface area (Å²) in [6.45, 7) is -0.236. The maximum Gasteiger partial charge on any atom is 0.306 e. The molecule has 2 atom stereocenters. The lowest BCUT2D eigenvalue weighted by Gasteiger charge is -2.24. The number of nitro groups is 1. The Morgan fingerprint density at radius 1 is 1.00 bits per heavy atom. The van der Waals surface area contributed by atoms with Gasteiger partial charge in [0, 0.05) is 10.8 Å². The second kappa shape index (κ2) is 8.08. The molecule has 0 aliphatic heterocycles. The van der Waals surface area contributed by atoms with E-state index >= 15 is 0 Å². The summed E-state index contributed by atoms with van der Waals surface area (Å²) < 4.78 is 4.78. The van der Waals surface area contributed by atoms with E-state index < -0.39 is 5.92 Å². The summed E-state index contributed by atoms with van der Waals surface area (Å²) in [6.07, 6.45) is 0.105. The van der Waals surface area contributed by atoms with E-state index in [1.807, 2.05) is 60.7 Å². The molecule has 5 nitrogen and oxygen atoms in total. The van der Waals surface area contributed by atoms with Gasteiger partial charge in [0.1, 0.15) is 0 Å². The Hall–Kier alpha value is -2.69. The Morgan fingerprint density at radius 3 is 1.91 bits per heavy atom. The second-order valence-corrected chi connectivity index (χ2v) is 5.33. The molecule has 0 saturated carbocycles. The van der Waals surface area contributed by atoms with Crippen molar-refractivity contribution in [2.45, 2.75) is 18.3 Å².